The molecule has 2 atom stereocenters. The summed E-state index contributed by atoms with van der Waals surface area (Å²) in [7, 11) is 0.973. The number of nitrogens with two attached hydrogens (primary N) is 1. The lowest BCUT2D eigenvalue weighted by atomic mass is 10.0. The second-order valence-corrected chi connectivity index (χ2v) is 4.48. The van der Waals surface area contributed by atoms with Crippen molar-refractivity contribution in [2.45, 2.75) is 37.4 Å². The fourth-order valence-corrected chi connectivity index (χ4v) is 2.30. The van der Waals surface area contributed by atoms with Gasteiger partial charge in [0, 0.05) is 13.1 Å². The van der Waals surface area contributed by atoms with Crippen LogP contribution in [0.4, 0.5) is 22.0 Å². The highest BCUT2D eigenvalue weighted by atomic mass is 19.4. The smallest absolute Gasteiger partial charge is 0.337 e. The maximum absolute atomic E-state index is 12.9. The zero-order valence-corrected chi connectivity index (χ0v) is 9.81. The van der Waals surface area contributed by atoms with Crippen molar-refractivity contribution in [3.63, 3.8) is 0 Å². The maximum atomic E-state index is 12.9. The highest BCUT2D eigenvalue weighted by Crippen LogP contribution is 2.38. The maximum Gasteiger partial charge on any atom is 0.463 e. The molecule has 1 amide bonds. The van der Waals surface area contributed by atoms with Crippen LogP contribution in [-0.4, -0.2) is 42.5 Å². The van der Waals surface area contributed by atoms with Gasteiger partial charge in [-0.2, -0.15) is 22.0 Å². The van der Waals surface area contributed by atoms with E-state index in [0.717, 1.165) is 7.05 Å². The highest BCUT2D eigenvalue weighted by molar-refractivity contribution is 5.84. The van der Waals surface area contributed by atoms with Crippen molar-refractivity contribution >= 4 is 5.91 Å². The van der Waals surface area contributed by atoms with E-state index >= 15 is 0 Å². The molecule has 1 fully saturated rings. The number of hydrogen-bond donors (Lipinski definition) is 1. The first-order valence-electron chi connectivity index (χ1n) is 5.54. The Morgan fingerprint density at radius 2 is 1.83 bits per heavy atom. The van der Waals surface area contributed by atoms with Crippen molar-refractivity contribution in [2.24, 2.45) is 11.7 Å². The number of alkyl halides is 5. The third-order valence-electron chi connectivity index (χ3n) is 3.36. The molecule has 0 spiro atoms. The molecule has 0 aromatic carbocycles. The monoisotopic (exact) mass is 274 g/mol. The van der Waals surface area contributed by atoms with Gasteiger partial charge in [-0.15, -0.1) is 0 Å². The average molecular weight is 274 g/mol. The Bertz CT molecular complexity index is 318. The Hall–Kier alpha value is -0.920. The van der Waals surface area contributed by atoms with Crippen LogP contribution in [0.3, 0.4) is 0 Å². The molecule has 3 nitrogen and oxygen atoms in total. The number of rotatable bonds is 3. The fourth-order valence-electron chi connectivity index (χ4n) is 2.30. The van der Waals surface area contributed by atoms with E-state index in [-0.39, 0.29) is 12.5 Å². The van der Waals surface area contributed by atoms with Crippen LogP contribution in [0.5, 0.6) is 0 Å². The zero-order chi connectivity index (χ0) is 14.1. The topological polar surface area (TPSA) is 46.3 Å². The summed E-state index contributed by atoms with van der Waals surface area (Å²) in [6, 6.07) is -0.643. The quantitative estimate of drug-likeness (QED) is 0.797. The number of halogens is 5. The van der Waals surface area contributed by atoms with Crippen molar-refractivity contribution in [3.05, 3.63) is 0 Å². The Labute approximate surface area is 101 Å². The minimum atomic E-state index is -5.87. The molecule has 0 aromatic rings. The van der Waals surface area contributed by atoms with Crippen LogP contribution in [0.2, 0.25) is 0 Å². The first-order valence-corrected chi connectivity index (χ1v) is 5.54. The van der Waals surface area contributed by atoms with Crippen LogP contribution in [0.1, 0.15) is 19.3 Å². The van der Waals surface area contributed by atoms with Crippen molar-refractivity contribution in [2.75, 3.05) is 13.6 Å². The summed E-state index contributed by atoms with van der Waals surface area (Å²) in [6.45, 7) is 0.167. The van der Waals surface area contributed by atoms with E-state index in [1.54, 1.807) is 0 Å². The van der Waals surface area contributed by atoms with E-state index < -0.39 is 24.0 Å². The lowest BCUT2D eigenvalue weighted by Gasteiger charge is -2.32. The van der Waals surface area contributed by atoms with Gasteiger partial charge in [0.05, 0.1) is 0 Å². The molecule has 2 unspecified atom stereocenters. The van der Waals surface area contributed by atoms with Gasteiger partial charge in [0.1, 0.15) is 0 Å². The standard InChI is InChI=1S/C10H15F5N2O/c1-17(7-4-2-3-6(7)5-16)8(18)9(11,12)10(13,14)15/h6-7H,2-5,16H2,1H3. The predicted molar refractivity (Wildman–Crippen MR) is 54.0 cm³/mol. The van der Waals surface area contributed by atoms with Crippen LogP contribution in [0.15, 0.2) is 0 Å². The van der Waals surface area contributed by atoms with Crippen LogP contribution in [0, 0.1) is 5.92 Å². The SMILES string of the molecule is CN(C(=O)C(F)(F)C(F)(F)F)C1CCCC1CN. The summed E-state index contributed by atoms with van der Waals surface area (Å²) in [6.07, 6.45) is -4.16. The Kier molecular flexibility index (Phi) is 4.19. The van der Waals surface area contributed by atoms with Crippen molar-refractivity contribution in [1.82, 2.24) is 4.90 Å². The Morgan fingerprint density at radius 1 is 1.28 bits per heavy atom. The molecule has 8 heteroatoms. The normalized spacial score (nSPS) is 25.3. The Morgan fingerprint density at radius 3 is 2.28 bits per heavy atom. The second kappa shape index (κ2) is 4.99. The molecule has 0 saturated heterocycles. The van der Waals surface area contributed by atoms with E-state index in [0.29, 0.717) is 24.2 Å². The van der Waals surface area contributed by atoms with Crippen LogP contribution in [-0.2, 0) is 4.79 Å². The summed E-state index contributed by atoms with van der Waals surface area (Å²) in [5, 5.41) is 0. The van der Waals surface area contributed by atoms with Gasteiger partial charge < -0.3 is 10.6 Å². The van der Waals surface area contributed by atoms with Crippen LogP contribution in [0.25, 0.3) is 0 Å². The molecule has 106 valence electrons. The van der Waals surface area contributed by atoms with E-state index in [2.05, 4.69) is 0 Å². The average Bonchev–Trinajstić information content (AvgIpc) is 2.73. The molecule has 1 saturated carbocycles. The van der Waals surface area contributed by atoms with Gasteiger partial charge in [-0.1, -0.05) is 6.42 Å². The third-order valence-corrected chi connectivity index (χ3v) is 3.36. The van der Waals surface area contributed by atoms with E-state index in [1.807, 2.05) is 0 Å². The molecule has 2 N–H and O–H groups in total. The molecule has 1 aliphatic carbocycles. The van der Waals surface area contributed by atoms with Crippen molar-refractivity contribution < 1.29 is 26.7 Å². The first kappa shape index (κ1) is 15.1. The zero-order valence-electron chi connectivity index (χ0n) is 9.81. The summed E-state index contributed by atoms with van der Waals surface area (Å²) in [4.78, 5) is 11.8. The van der Waals surface area contributed by atoms with Gasteiger partial charge in [-0.05, 0) is 25.3 Å². The summed E-state index contributed by atoms with van der Waals surface area (Å²) >= 11 is 0. The molecule has 0 heterocycles. The molecular formula is C10H15F5N2O. The second-order valence-electron chi connectivity index (χ2n) is 4.48. The van der Waals surface area contributed by atoms with Crippen LogP contribution < -0.4 is 5.73 Å². The summed E-state index contributed by atoms with van der Waals surface area (Å²) in [5.74, 6) is -7.77. The van der Waals surface area contributed by atoms with Crippen molar-refractivity contribution in [1.29, 1.82) is 0 Å². The van der Waals surface area contributed by atoms with Gasteiger partial charge in [0.2, 0.25) is 0 Å². The van der Waals surface area contributed by atoms with E-state index in [9.17, 15) is 26.7 Å². The molecule has 0 bridgehead atoms. The van der Waals surface area contributed by atoms with Crippen molar-refractivity contribution in [3.8, 4) is 0 Å². The van der Waals surface area contributed by atoms with Gasteiger partial charge in [-0.25, -0.2) is 0 Å². The first-order chi connectivity index (χ1) is 8.13. The van der Waals surface area contributed by atoms with E-state index in [1.165, 1.54) is 0 Å². The number of amides is 1. The number of carbonyl (C=O) groups is 1. The van der Waals surface area contributed by atoms with Gasteiger partial charge in [0.25, 0.3) is 0 Å². The predicted octanol–water partition coefficient (Wildman–Crippen LogP) is 1.77. The third kappa shape index (κ3) is 2.57. The molecule has 0 aliphatic heterocycles. The minimum Gasteiger partial charge on any atom is -0.337 e. The number of nitrogens with zero attached hydrogens (tertiary/aromatic N) is 1. The van der Waals surface area contributed by atoms with Crippen LogP contribution >= 0.6 is 0 Å². The van der Waals surface area contributed by atoms with E-state index in [4.69, 9.17) is 5.73 Å². The lowest BCUT2D eigenvalue weighted by molar-refractivity contribution is -0.274. The molecule has 0 aromatic heterocycles. The van der Waals surface area contributed by atoms with Gasteiger partial charge in [0.15, 0.2) is 0 Å². The molecule has 1 aliphatic rings. The molecular weight excluding hydrogens is 259 g/mol. The molecule has 18 heavy (non-hydrogen) atoms. The molecule has 1 rings (SSSR count). The molecule has 0 radical (unpaired) electrons. The Balaban J connectivity index is 2.84. The van der Waals surface area contributed by atoms with Gasteiger partial charge in [-0.3, -0.25) is 4.79 Å². The minimum absolute atomic E-state index is 0.167. The summed E-state index contributed by atoms with van der Waals surface area (Å²) < 4.78 is 62.1. The summed E-state index contributed by atoms with van der Waals surface area (Å²) in [5.41, 5.74) is 5.41. The number of hydrogen-bond acceptors (Lipinski definition) is 2. The highest BCUT2D eigenvalue weighted by Gasteiger charge is 2.64. The largest absolute Gasteiger partial charge is 0.463 e. The lowest BCUT2D eigenvalue weighted by Crippen LogP contribution is -2.54. The fraction of sp³-hybridized carbons (Fsp3) is 0.900. The van der Waals surface area contributed by atoms with Gasteiger partial charge >= 0.3 is 18.0 Å². The number of carbonyl (C=O) groups excluding carboxylic acids is 1.